The molecule has 2 rings (SSSR count). The van der Waals surface area contributed by atoms with E-state index in [9.17, 15) is 15.0 Å². The number of hydrogen-bond donors (Lipinski definition) is 2. The van der Waals surface area contributed by atoms with Gasteiger partial charge in [-0.3, -0.25) is 9.78 Å². The molecule has 1 aromatic carbocycles. The number of fused-ring (bicyclic) bond motifs is 1. The number of carbonyl (C=O) groups is 1. The molecule has 8 heteroatoms. The Bertz CT molecular complexity index is 1210. The van der Waals surface area contributed by atoms with E-state index in [1.54, 1.807) is 0 Å². The number of aliphatic hydroxyl groups excluding tert-OH is 1. The molecule has 0 aliphatic rings. The highest BCUT2D eigenvalue weighted by Crippen LogP contribution is 2.41. The van der Waals surface area contributed by atoms with Gasteiger partial charge in [0.2, 0.25) is 0 Å². The van der Waals surface area contributed by atoms with Crippen LogP contribution in [-0.2, 0) is 13.6 Å². The van der Waals surface area contributed by atoms with Crippen molar-refractivity contribution in [3.05, 3.63) is 47.8 Å². The summed E-state index contributed by atoms with van der Waals surface area (Å²) in [6.45, 7) is 24.5. The van der Waals surface area contributed by atoms with Crippen molar-refractivity contribution in [1.82, 2.24) is 4.98 Å². The number of aromatic nitrogens is 1. The van der Waals surface area contributed by atoms with E-state index in [1.807, 2.05) is 24.3 Å². The van der Waals surface area contributed by atoms with Crippen molar-refractivity contribution in [2.45, 2.75) is 148 Å². The first-order chi connectivity index (χ1) is 19.8. The normalized spacial score (nSPS) is 15.6. The highest BCUT2D eigenvalue weighted by atomic mass is 28.4. The van der Waals surface area contributed by atoms with Gasteiger partial charge in [0, 0.05) is 11.8 Å². The fraction of sp³-hybridized carbons (Fsp3) is 0.657. The quantitative estimate of drug-likeness (QED) is 0.142. The van der Waals surface area contributed by atoms with Gasteiger partial charge in [0.1, 0.15) is 0 Å². The number of carboxylic acids is 1. The van der Waals surface area contributed by atoms with Crippen LogP contribution in [0.5, 0.6) is 0 Å². The van der Waals surface area contributed by atoms with Gasteiger partial charge in [0.15, 0.2) is 16.6 Å². The molecule has 0 saturated carbocycles. The second-order valence-electron chi connectivity index (χ2n) is 15.1. The van der Waals surface area contributed by atoms with Crippen molar-refractivity contribution < 1.29 is 23.9 Å². The lowest BCUT2D eigenvalue weighted by molar-refractivity contribution is -0.137. The standard InChI is InChI=1S/C35H59NO5Si2/c1-12-13-14-20-29(37)33-28-19-16-15-18-26(28)25-27(36-33)23-24-31(41-43(10,11)35(5,6)7)30(21-17-22-32(38)39)40-42(8,9)34(2,3)4/h15-16,18-19,23-25,29-31,37H,12-14,17,20-22H2,1-11H3,(H,38,39)/t29-,30?,31?/m0/s1. The third kappa shape index (κ3) is 10.9. The first-order valence-corrected chi connectivity index (χ1v) is 21.9. The summed E-state index contributed by atoms with van der Waals surface area (Å²) in [5, 5.41) is 22.5. The summed E-state index contributed by atoms with van der Waals surface area (Å²) >= 11 is 0. The van der Waals surface area contributed by atoms with Crippen LogP contribution < -0.4 is 0 Å². The molecule has 0 radical (unpaired) electrons. The Balaban J connectivity index is 2.60. The van der Waals surface area contributed by atoms with Gasteiger partial charge in [0.05, 0.1) is 29.7 Å². The van der Waals surface area contributed by atoms with Gasteiger partial charge in [-0.05, 0) is 73.1 Å². The van der Waals surface area contributed by atoms with E-state index in [-0.39, 0.29) is 28.7 Å². The fourth-order valence-electron chi connectivity index (χ4n) is 4.56. The van der Waals surface area contributed by atoms with E-state index in [1.165, 1.54) is 0 Å². The predicted octanol–water partition coefficient (Wildman–Crippen LogP) is 9.90. The minimum Gasteiger partial charge on any atom is -0.481 e. The minimum absolute atomic E-state index is 0.00793. The van der Waals surface area contributed by atoms with E-state index in [0.717, 1.165) is 35.7 Å². The van der Waals surface area contributed by atoms with Crippen LogP contribution in [0.3, 0.4) is 0 Å². The van der Waals surface area contributed by atoms with Crippen LogP contribution in [0.4, 0.5) is 0 Å². The van der Waals surface area contributed by atoms with Gasteiger partial charge in [-0.15, -0.1) is 0 Å². The van der Waals surface area contributed by atoms with E-state index in [0.29, 0.717) is 25.0 Å². The van der Waals surface area contributed by atoms with Crippen LogP contribution in [0.2, 0.25) is 36.3 Å². The highest BCUT2D eigenvalue weighted by Gasteiger charge is 2.44. The molecule has 0 bridgehead atoms. The van der Waals surface area contributed by atoms with Crippen molar-refractivity contribution in [2.24, 2.45) is 0 Å². The average Bonchev–Trinajstić information content (AvgIpc) is 2.88. The lowest BCUT2D eigenvalue weighted by Crippen LogP contribution is -2.51. The van der Waals surface area contributed by atoms with E-state index in [4.69, 9.17) is 13.8 Å². The first-order valence-electron chi connectivity index (χ1n) is 16.1. The van der Waals surface area contributed by atoms with Crippen molar-refractivity contribution in [1.29, 1.82) is 0 Å². The summed E-state index contributed by atoms with van der Waals surface area (Å²) in [7, 11) is -4.44. The molecular formula is C35H59NO5Si2. The molecule has 43 heavy (non-hydrogen) atoms. The number of hydrogen-bond acceptors (Lipinski definition) is 5. The summed E-state index contributed by atoms with van der Waals surface area (Å²) in [4.78, 5) is 16.4. The Kier molecular flexibility index (Phi) is 13.4. The van der Waals surface area contributed by atoms with Gasteiger partial charge in [-0.1, -0.05) is 98.1 Å². The largest absolute Gasteiger partial charge is 0.481 e. The van der Waals surface area contributed by atoms with Gasteiger partial charge >= 0.3 is 5.97 Å². The van der Waals surface area contributed by atoms with Crippen LogP contribution in [0.1, 0.15) is 111 Å². The fourth-order valence-corrected chi connectivity index (χ4v) is 7.19. The van der Waals surface area contributed by atoms with Crippen molar-refractivity contribution >= 4 is 39.5 Å². The monoisotopic (exact) mass is 629 g/mol. The number of aliphatic hydroxyl groups is 1. The molecule has 2 aromatic rings. The molecule has 1 aromatic heterocycles. The smallest absolute Gasteiger partial charge is 0.303 e. The molecule has 2 N–H and O–H groups in total. The number of pyridine rings is 1. The third-order valence-electron chi connectivity index (χ3n) is 9.38. The number of unbranched alkanes of at least 4 members (excludes halogenated alkanes) is 2. The van der Waals surface area contributed by atoms with Gasteiger partial charge in [-0.25, -0.2) is 0 Å². The second kappa shape index (κ2) is 15.4. The number of rotatable bonds is 16. The van der Waals surface area contributed by atoms with Crippen molar-refractivity contribution in [3.8, 4) is 0 Å². The highest BCUT2D eigenvalue weighted by molar-refractivity contribution is 6.74. The van der Waals surface area contributed by atoms with E-state index in [2.05, 4.69) is 92.9 Å². The SMILES string of the molecule is CCCCC[C@H](O)c1nc(C=CC(O[Si](C)(C)C(C)(C)C)C(CCCC(=O)O)O[Si](C)(C)C(C)(C)C)cc2ccccc12. The topological polar surface area (TPSA) is 88.9 Å². The Morgan fingerprint density at radius 3 is 2.12 bits per heavy atom. The predicted molar refractivity (Wildman–Crippen MR) is 186 cm³/mol. The van der Waals surface area contributed by atoms with Crippen molar-refractivity contribution in [2.75, 3.05) is 0 Å². The zero-order valence-electron chi connectivity index (χ0n) is 28.8. The lowest BCUT2D eigenvalue weighted by Gasteiger charge is -2.44. The third-order valence-corrected chi connectivity index (χ3v) is 18.4. The molecule has 0 fully saturated rings. The molecular weight excluding hydrogens is 571 g/mol. The van der Waals surface area contributed by atoms with Gasteiger partial charge < -0.3 is 19.1 Å². The summed E-state index contributed by atoms with van der Waals surface area (Å²) < 4.78 is 14.1. The Morgan fingerprint density at radius 2 is 1.53 bits per heavy atom. The Morgan fingerprint density at radius 1 is 0.930 bits per heavy atom. The lowest BCUT2D eigenvalue weighted by atomic mass is 10.0. The molecule has 1 heterocycles. The summed E-state index contributed by atoms with van der Waals surface area (Å²) in [6.07, 6.45) is 7.82. The maximum absolute atomic E-state index is 11.4. The molecule has 242 valence electrons. The maximum atomic E-state index is 11.4. The molecule has 6 nitrogen and oxygen atoms in total. The van der Waals surface area contributed by atoms with Gasteiger partial charge in [0.25, 0.3) is 0 Å². The van der Waals surface area contributed by atoms with Crippen LogP contribution in [0.25, 0.3) is 16.8 Å². The summed E-state index contributed by atoms with van der Waals surface area (Å²) in [5.41, 5.74) is 1.48. The summed E-state index contributed by atoms with van der Waals surface area (Å²) in [5.74, 6) is -0.797. The van der Waals surface area contributed by atoms with E-state index >= 15 is 0 Å². The molecule has 0 spiro atoms. The molecule has 3 atom stereocenters. The number of nitrogens with zero attached hydrogens (tertiary/aromatic N) is 1. The molecule has 0 aliphatic heterocycles. The molecule has 2 unspecified atom stereocenters. The average molecular weight is 630 g/mol. The zero-order chi connectivity index (χ0) is 32.6. The number of benzene rings is 1. The molecule has 0 saturated heterocycles. The minimum atomic E-state index is -2.23. The molecule has 0 aliphatic carbocycles. The molecule has 0 amide bonds. The Labute approximate surface area is 263 Å². The van der Waals surface area contributed by atoms with Crippen molar-refractivity contribution in [3.63, 3.8) is 0 Å². The zero-order valence-corrected chi connectivity index (χ0v) is 30.8. The van der Waals surface area contributed by atoms with Crippen LogP contribution in [0, 0.1) is 0 Å². The number of carboxylic acid groups (broad SMARTS) is 1. The maximum Gasteiger partial charge on any atom is 0.303 e. The van der Waals surface area contributed by atoms with E-state index < -0.39 is 28.7 Å². The van der Waals surface area contributed by atoms with Gasteiger partial charge in [-0.2, -0.15) is 0 Å². The number of aliphatic carboxylic acids is 1. The first kappa shape index (κ1) is 37.3. The van der Waals surface area contributed by atoms with Crippen LogP contribution in [-0.4, -0.2) is 50.0 Å². The van der Waals surface area contributed by atoms with Crippen LogP contribution >= 0.6 is 0 Å². The Hall–Kier alpha value is -1.85. The summed E-state index contributed by atoms with van der Waals surface area (Å²) in [6, 6.07) is 10.2. The second-order valence-corrected chi connectivity index (χ2v) is 24.6. The van der Waals surface area contributed by atoms with Crippen LogP contribution in [0.15, 0.2) is 36.4 Å².